The largest absolute Gasteiger partial charge is 0.461 e. The number of likely N-dealkylation sites (N-methyl/N-ethyl adjacent to an activating group) is 1. The molecule has 0 bridgehead atoms. The van der Waals surface area contributed by atoms with Crippen LogP contribution in [0, 0.1) is 0 Å². The Bertz CT molecular complexity index is 1070. The second kappa shape index (κ2) is 9.19. The first-order chi connectivity index (χ1) is 13.9. The third-order valence-corrected chi connectivity index (χ3v) is 5.19. The molecule has 0 N–H and O–H groups in total. The van der Waals surface area contributed by atoms with Gasteiger partial charge in [0.2, 0.25) is 0 Å². The summed E-state index contributed by atoms with van der Waals surface area (Å²) in [7, 11) is 2.80. The van der Waals surface area contributed by atoms with Gasteiger partial charge in [0.05, 0.1) is 27.9 Å². The highest BCUT2D eigenvalue weighted by Crippen LogP contribution is 2.28. The quantitative estimate of drug-likeness (QED) is 0.525. The number of esters is 2. The lowest BCUT2D eigenvalue weighted by molar-refractivity contribution is 0.0485. The van der Waals surface area contributed by atoms with E-state index in [2.05, 4.69) is 0 Å². The minimum absolute atomic E-state index is 0.0931. The lowest BCUT2D eigenvalue weighted by atomic mass is 10.1. The van der Waals surface area contributed by atoms with Gasteiger partial charge in [-0.05, 0) is 32.3 Å². The van der Waals surface area contributed by atoms with Crippen LogP contribution in [0.2, 0.25) is 0 Å². The fourth-order valence-corrected chi connectivity index (χ4v) is 3.32. The maximum Gasteiger partial charge on any atom is 0.341 e. The number of aromatic nitrogens is 1. The third kappa shape index (κ3) is 4.83. The van der Waals surface area contributed by atoms with Crippen LogP contribution in [0.3, 0.4) is 0 Å². The minimum atomic E-state index is -1.02. The summed E-state index contributed by atoms with van der Waals surface area (Å²) in [6.45, 7) is 1.02. The van der Waals surface area contributed by atoms with E-state index in [4.69, 9.17) is 9.47 Å². The van der Waals surface area contributed by atoms with E-state index in [9.17, 15) is 13.8 Å². The van der Waals surface area contributed by atoms with Gasteiger partial charge in [0.15, 0.2) is 0 Å². The zero-order chi connectivity index (χ0) is 21.0. The molecule has 0 saturated carbocycles. The number of hydrogen-bond acceptors (Lipinski definition) is 6. The Balaban J connectivity index is 1.95. The molecule has 2 heterocycles. The molecule has 154 valence electrons. The second-order valence-corrected chi connectivity index (χ2v) is 8.47. The van der Waals surface area contributed by atoms with E-state index in [-0.39, 0.29) is 6.61 Å². The highest BCUT2D eigenvalue weighted by Gasteiger charge is 2.20. The molecule has 0 radical (unpaired) electrons. The van der Waals surface area contributed by atoms with E-state index in [0.29, 0.717) is 35.5 Å². The summed E-state index contributed by atoms with van der Waals surface area (Å²) in [4.78, 5) is 27.0. The number of benzene rings is 1. The summed E-state index contributed by atoms with van der Waals surface area (Å²) in [6, 6.07) is 10.8. The van der Waals surface area contributed by atoms with Crippen molar-refractivity contribution in [3.63, 3.8) is 0 Å². The van der Waals surface area contributed by atoms with Crippen LogP contribution in [0.5, 0.6) is 0 Å². The Morgan fingerprint density at radius 2 is 1.72 bits per heavy atom. The molecule has 7 nitrogen and oxygen atoms in total. The van der Waals surface area contributed by atoms with E-state index < -0.39 is 22.7 Å². The molecule has 0 aliphatic heterocycles. The van der Waals surface area contributed by atoms with Gasteiger partial charge in [0.1, 0.15) is 13.2 Å². The van der Waals surface area contributed by atoms with Crippen molar-refractivity contribution in [2.75, 3.05) is 45.9 Å². The van der Waals surface area contributed by atoms with Gasteiger partial charge in [-0.2, -0.15) is 0 Å². The molecule has 2 aromatic heterocycles. The standard InChI is InChI=1S/C21H24N2O5S/c1-22(2)10-11-27-21(25)19-16-6-4-5-7-17(16)23-14-15(8-9-18(19)23)20(24)28-12-13-29(3)26/h4-9,14H,10-13H2,1-3H3. The zero-order valence-electron chi connectivity index (χ0n) is 16.7. The van der Waals surface area contributed by atoms with Gasteiger partial charge in [-0.25, -0.2) is 9.59 Å². The highest BCUT2D eigenvalue weighted by molar-refractivity contribution is 7.84. The van der Waals surface area contributed by atoms with Crippen LogP contribution >= 0.6 is 0 Å². The van der Waals surface area contributed by atoms with Gasteiger partial charge < -0.3 is 18.8 Å². The summed E-state index contributed by atoms with van der Waals surface area (Å²) >= 11 is 0. The van der Waals surface area contributed by atoms with Gasteiger partial charge >= 0.3 is 11.9 Å². The van der Waals surface area contributed by atoms with Crippen molar-refractivity contribution in [2.45, 2.75) is 0 Å². The lowest BCUT2D eigenvalue weighted by Gasteiger charge is -2.10. The Morgan fingerprint density at radius 1 is 1.00 bits per heavy atom. The Kier molecular flexibility index (Phi) is 6.66. The molecule has 1 unspecified atom stereocenters. The van der Waals surface area contributed by atoms with Crippen molar-refractivity contribution in [2.24, 2.45) is 0 Å². The molecule has 3 rings (SSSR count). The van der Waals surface area contributed by atoms with Crippen molar-refractivity contribution in [1.82, 2.24) is 9.30 Å². The molecule has 0 fully saturated rings. The summed E-state index contributed by atoms with van der Waals surface area (Å²) in [5.74, 6) is -0.597. The number of para-hydroxylation sites is 1. The molecule has 3 aromatic rings. The molecular weight excluding hydrogens is 392 g/mol. The zero-order valence-corrected chi connectivity index (χ0v) is 17.5. The number of ether oxygens (including phenoxy) is 2. The highest BCUT2D eigenvalue weighted by atomic mass is 32.2. The van der Waals surface area contributed by atoms with Gasteiger partial charge in [0, 0.05) is 35.2 Å². The van der Waals surface area contributed by atoms with Crippen LogP contribution in [0.1, 0.15) is 20.7 Å². The Hall–Kier alpha value is -2.71. The fourth-order valence-electron chi connectivity index (χ4n) is 3.00. The van der Waals surface area contributed by atoms with E-state index in [1.54, 1.807) is 29.0 Å². The predicted molar refractivity (Wildman–Crippen MR) is 113 cm³/mol. The van der Waals surface area contributed by atoms with E-state index in [1.165, 1.54) is 0 Å². The molecule has 0 aliphatic rings. The minimum Gasteiger partial charge on any atom is -0.461 e. The summed E-state index contributed by atoms with van der Waals surface area (Å²) in [6.07, 6.45) is 3.21. The fraction of sp³-hybridized carbons (Fsp3) is 0.333. The number of carbonyl (C=O) groups excluding carboxylic acids is 2. The third-order valence-electron chi connectivity index (χ3n) is 4.45. The normalized spacial score (nSPS) is 12.4. The van der Waals surface area contributed by atoms with Crippen molar-refractivity contribution < 1.29 is 23.3 Å². The van der Waals surface area contributed by atoms with Gasteiger partial charge in [0.25, 0.3) is 0 Å². The van der Waals surface area contributed by atoms with Gasteiger partial charge in [-0.3, -0.25) is 4.21 Å². The molecule has 0 saturated heterocycles. The molecule has 29 heavy (non-hydrogen) atoms. The van der Waals surface area contributed by atoms with E-state index in [1.807, 2.05) is 43.3 Å². The number of hydrogen-bond donors (Lipinski definition) is 0. The van der Waals surface area contributed by atoms with Crippen LogP contribution < -0.4 is 0 Å². The van der Waals surface area contributed by atoms with Crippen LogP contribution in [0.25, 0.3) is 16.4 Å². The smallest absolute Gasteiger partial charge is 0.341 e. The summed E-state index contributed by atoms with van der Waals surface area (Å²) in [5.41, 5.74) is 2.28. The van der Waals surface area contributed by atoms with Crippen molar-refractivity contribution in [3.05, 3.63) is 53.7 Å². The number of rotatable bonds is 8. The van der Waals surface area contributed by atoms with Crippen LogP contribution in [0.15, 0.2) is 42.6 Å². The predicted octanol–water partition coefficient (Wildman–Crippen LogP) is 2.35. The first-order valence-electron chi connectivity index (χ1n) is 9.20. The average molecular weight is 416 g/mol. The average Bonchev–Trinajstić information content (AvgIpc) is 3.01. The number of carbonyl (C=O) groups is 2. The molecule has 1 atom stereocenters. The summed E-state index contributed by atoms with van der Waals surface area (Å²) in [5, 5.41) is 0.759. The molecular formula is C21H24N2O5S. The molecule has 0 aliphatic carbocycles. The van der Waals surface area contributed by atoms with Gasteiger partial charge in [-0.1, -0.05) is 18.2 Å². The van der Waals surface area contributed by atoms with E-state index in [0.717, 1.165) is 10.9 Å². The second-order valence-electron chi connectivity index (χ2n) is 6.92. The first-order valence-corrected chi connectivity index (χ1v) is 10.9. The van der Waals surface area contributed by atoms with E-state index >= 15 is 0 Å². The number of nitrogens with zero attached hydrogens (tertiary/aromatic N) is 2. The van der Waals surface area contributed by atoms with Crippen molar-refractivity contribution in [3.8, 4) is 0 Å². The van der Waals surface area contributed by atoms with Crippen molar-refractivity contribution in [1.29, 1.82) is 0 Å². The lowest BCUT2D eigenvalue weighted by Crippen LogP contribution is -2.20. The molecule has 0 amide bonds. The van der Waals surface area contributed by atoms with Crippen molar-refractivity contribution >= 4 is 39.2 Å². The Labute approximate surface area is 171 Å². The molecule has 1 aromatic carbocycles. The number of fused-ring (bicyclic) bond motifs is 3. The maximum atomic E-state index is 12.8. The van der Waals surface area contributed by atoms with Crippen LogP contribution in [-0.2, 0) is 20.3 Å². The first kappa shape index (κ1) is 21.0. The Morgan fingerprint density at radius 3 is 2.45 bits per heavy atom. The monoisotopic (exact) mass is 416 g/mol. The molecule has 0 spiro atoms. The van der Waals surface area contributed by atoms with Crippen LogP contribution in [-0.4, -0.2) is 71.3 Å². The topological polar surface area (TPSA) is 77.3 Å². The number of pyridine rings is 1. The molecule has 8 heteroatoms. The summed E-state index contributed by atoms with van der Waals surface area (Å²) < 4.78 is 23.6. The SMILES string of the molecule is CN(C)CCOC(=O)c1c2ccccc2n2cc(C(=O)OCCS(C)=O)ccc12. The maximum absolute atomic E-state index is 12.8. The van der Waals surface area contributed by atoms with Gasteiger partial charge in [-0.15, -0.1) is 0 Å². The van der Waals surface area contributed by atoms with Crippen LogP contribution in [0.4, 0.5) is 0 Å².